The summed E-state index contributed by atoms with van der Waals surface area (Å²) in [4.78, 5) is 37.6. The van der Waals surface area contributed by atoms with Crippen LogP contribution >= 0.6 is 11.8 Å². The van der Waals surface area contributed by atoms with E-state index in [-0.39, 0.29) is 30.7 Å². The highest BCUT2D eigenvalue weighted by Gasteiger charge is 2.29. The SMILES string of the molecule is CCOC(=O)C=C1SCC(=O)N1CC(=O)Nc1c(CC)cccc1CC. The first-order valence-electron chi connectivity index (χ1n) is 8.72. The van der Waals surface area contributed by atoms with Crippen molar-refractivity contribution in [1.82, 2.24) is 4.90 Å². The molecule has 0 radical (unpaired) electrons. The molecule has 1 aromatic rings. The van der Waals surface area contributed by atoms with Gasteiger partial charge in [-0.1, -0.05) is 43.8 Å². The van der Waals surface area contributed by atoms with Gasteiger partial charge in [0.1, 0.15) is 6.54 Å². The topological polar surface area (TPSA) is 75.7 Å². The van der Waals surface area contributed by atoms with Crippen LogP contribution in [0.1, 0.15) is 31.9 Å². The molecule has 2 rings (SSSR count). The van der Waals surface area contributed by atoms with Crippen LogP contribution in [-0.2, 0) is 32.0 Å². The molecule has 140 valence electrons. The van der Waals surface area contributed by atoms with Crippen molar-refractivity contribution in [2.24, 2.45) is 0 Å². The van der Waals surface area contributed by atoms with Gasteiger partial charge in [0.05, 0.1) is 23.5 Å². The highest BCUT2D eigenvalue weighted by atomic mass is 32.2. The molecule has 0 aliphatic carbocycles. The maximum absolute atomic E-state index is 12.5. The number of aryl methyl sites for hydroxylation is 2. The number of para-hydroxylation sites is 1. The molecule has 2 amide bonds. The average molecular weight is 376 g/mol. The molecule has 0 aromatic heterocycles. The first-order valence-corrected chi connectivity index (χ1v) is 9.70. The van der Waals surface area contributed by atoms with E-state index >= 15 is 0 Å². The quantitative estimate of drug-likeness (QED) is 0.585. The molecule has 1 N–H and O–H groups in total. The van der Waals surface area contributed by atoms with Crippen molar-refractivity contribution >= 4 is 35.2 Å². The van der Waals surface area contributed by atoms with Crippen LogP contribution in [0.4, 0.5) is 5.69 Å². The van der Waals surface area contributed by atoms with Gasteiger partial charge < -0.3 is 10.1 Å². The molecule has 0 atom stereocenters. The van der Waals surface area contributed by atoms with Crippen molar-refractivity contribution in [3.8, 4) is 0 Å². The molecule has 0 bridgehead atoms. The first-order chi connectivity index (χ1) is 12.5. The summed E-state index contributed by atoms with van der Waals surface area (Å²) in [6.07, 6.45) is 2.87. The van der Waals surface area contributed by atoms with E-state index in [1.54, 1.807) is 6.92 Å². The van der Waals surface area contributed by atoms with Crippen LogP contribution in [-0.4, -0.2) is 41.6 Å². The van der Waals surface area contributed by atoms with E-state index in [0.29, 0.717) is 5.03 Å². The highest BCUT2D eigenvalue weighted by Crippen LogP contribution is 2.29. The molecule has 6 nitrogen and oxygen atoms in total. The van der Waals surface area contributed by atoms with Gasteiger partial charge in [-0.3, -0.25) is 14.5 Å². The van der Waals surface area contributed by atoms with Gasteiger partial charge in [-0.15, -0.1) is 0 Å². The maximum atomic E-state index is 12.5. The van der Waals surface area contributed by atoms with Crippen LogP contribution in [0.25, 0.3) is 0 Å². The number of esters is 1. The number of hydrogen-bond acceptors (Lipinski definition) is 5. The second-order valence-corrected chi connectivity index (χ2v) is 6.71. The Morgan fingerprint density at radius 3 is 2.46 bits per heavy atom. The van der Waals surface area contributed by atoms with Gasteiger partial charge in [-0.25, -0.2) is 4.79 Å². The smallest absolute Gasteiger partial charge is 0.333 e. The molecule has 7 heteroatoms. The Bertz CT molecular complexity index is 708. The van der Waals surface area contributed by atoms with Crippen molar-refractivity contribution in [2.45, 2.75) is 33.6 Å². The fourth-order valence-corrected chi connectivity index (χ4v) is 3.64. The maximum Gasteiger partial charge on any atom is 0.333 e. The van der Waals surface area contributed by atoms with Crippen LogP contribution < -0.4 is 5.32 Å². The first kappa shape index (κ1) is 20.0. The highest BCUT2D eigenvalue weighted by molar-refractivity contribution is 8.04. The summed E-state index contributed by atoms with van der Waals surface area (Å²) in [5.74, 6) is -0.782. The Balaban J connectivity index is 2.14. The molecule has 1 aliphatic heterocycles. The lowest BCUT2D eigenvalue weighted by Gasteiger charge is -2.19. The normalized spacial score (nSPS) is 15.4. The van der Waals surface area contributed by atoms with Crippen molar-refractivity contribution in [3.05, 3.63) is 40.4 Å². The monoisotopic (exact) mass is 376 g/mol. The summed E-state index contributed by atoms with van der Waals surface area (Å²) in [6, 6.07) is 5.95. The lowest BCUT2D eigenvalue weighted by atomic mass is 10.0. The number of anilines is 1. The zero-order chi connectivity index (χ0) is 19.1. The third-order valence-corrected chi connectivity index (χ3v) is 5.03. The van der Waals surface area contributed by atoms with Crippen LogP contribution in [0.2, 0.25) is 0 Å². The van der Waals surface area contributed by atoms with Crippen LogP contribution in [0.3, 0.4) is 0 Å². The number of thioether (sulfide) groups is 1. The molecule has 0 saturated carbocycles. The second-order valence-electron chi connectivity index (χ2n) is 5.71. The van der Waals surface area contributed by atoms with Crippen LogP contribution in [0, 0.1) is 0 Å². The molecular formula is C19H24N2O4S. The standard InChI is InChI=1S/C19H24N2O4S/c1-4-13-8-7-9-14(5-2)19(13)20-15(22)11-21-16(23)12-26-17(21)10-18(24)25-6-3/h7-10H,4-6,11-12H2,1-3H3,(H,20,22). The minimum atomic E-state index is -0.514. The molecule has 1 aliphatic rings. The van der Waals surface area contributed by atoms with E-state index in [9.17, 15) is 14.4 Å². The summed E-state index contributed by atoms with van der Waals surface area (Å²) < 4.78 is 4.88. The molecule has 1 aromatic carbocycles. The number of carbonyl (C=O) groups is 3. The predicted octanol–water partition coefficient (Wildman–Crippen LogP) is 2.73. The van der Waals surface area contributed by atoms with E-state index in [1.807, 2.05) is 32.0 Å². The van der Waals surface area contributed by atoms with Crippen LogP contribution in [0.15, 0.2) is 29.3 Å². The summed E-state index contributed by atoms with van der Waals surface area (Å²) in [7, 11) is 0. The number of ether oxygens (including phenoxy) is 1. The lowest BCUT2D eigenvalue weighted by molar-refractivity contribution is -0.137. The lowest BCUT2D eigenvalue weighted by Crippen LogP contribution is -2.34. The van der Waals surface area contributed by atoms with Gasteiger partial charge in [-0.2, -0.15) is 0 Å². The third-order valence-electron chi connectivity index (χ3n) is 4.00. The number of rotatable bonds is 7. The summed E-state index contributed by atoms with van der Waals surface area (Å²) in [6.45, 7) is 5.91. The average Bonchev–Trinajstić information content (AvgIpc) is 2.95. The zero-order valence-electron chi connectivity index (χ0n) is 15.3. The summed E-state index contributed by atoms with van der Waals surface area (Å²) in [5, 5.41) is 3.39. The Morgan fingerprint density at radius 2 is 1.88 bits per heavy atom. The molecule has 0 unspecified atom stereocenters. The van der Waals surface area contributed by atoms with Gasteiger partial charge in [0, 0.05) is 5.69 Å². The number of hydrogen-bond donors (Lipinski definition) is 1. The zero-order valence-corrected chi connectivity index (χ0v) is 16.1. The summed E-state index contributed by atoms with van der Waals surface area (Å²) in [5.41, 5.74) is 2.93. The van der Waals surface area contributed by atoms with Crippen LogP contribution in [0.5, 0.6) is 0 Å². The van der Waals surface area contributed by atoms with E-state index < -0.39 is 5.97 Å². The molecule has 1 saturated heterocycles. The number of amides is 2. The van der Waals surface area contributed by atoms with Gasteiger partial charge in [0.15, 0.2) is 0 Å². The predicted molar refractivity (Wildman–Crippen MR) is 103 cm³/mol. The van der Waals surface area contributed by atoms with Crippen molar-refractivity contribution < 1.29 is 19.1 Å². The van der Waals surface area contributed by atoms with Crippen molar-refractivity contribution in [2.75, 3.05) is 24.2 Å². The minimum Gasteiger partial charge on any atom is -0.463 e. The van der Waals surface area contributed by atoms with Gasteiger partial charge in [-0.05, 0) is 30.9 Å². The summed E-state index contributed by atoms with van der Waals surface area (Å²) >= 11 is 1.23. The van der Waals surface area contributed by atoms with E-state index in [0.717, 1.165) is 29.7 Å². The Morgan fingerprint density at radius 1 is 1.23 bits per heavy atom. The van der Waals surface area contributed by atoms with Crippen molar-refractivity contribution in [3.63, 3.8) is 0 Å². The minimum absolute atomic E-state index is 0.127. The van der Waals surface area contributed by atoms with Gasteiger partial charge >= 0.3 is 5.97 Å². The molecule has 0 spiro atoms. The number of benzene rings is 1. The molecule has 1 heterocycles. The van der Waals surface area contributed by atoms with E-state index in [1.165, 1.54) is 22.7 Å². The molecular weight excluding hydrogens is 352 g/mol. The Labute approximate surface area is 158 Å². The van der Waals surface area contributed by atoms with Gasteiger partial charge in [0.25, 0.3) is 0 Å². The van der Waals surface area contributed by atoms with Gasteiger partial charge in [0.2, 0.25) is 11.8 Å². The Hall–Kier alpha value is -2.28. The number of nitrogens with one attached hydrogen (secondary N) is 1. The molecule has 1 fully saturated rings. The number of nitrogens with zero attached hydrogens (tertiary/aromatic N) is 1. The van der Waals surface area contributed by atoms with Crippen molar-refractivity contribution in [1.29, 1.82) is 0 Å². The largest absolute Gasteiger partial charge is 0.463 e. The fraction of sp³-hybridized carbons (Fsp3) is 0.421. The van der Waals surface area contributed by atoms with E-state index in [2.05, 4.69) is 5.32 Å². The fourth-order valence-electron chi connectivity index (χ4n) is 2.71. The number of carbonyl (C=O) groups excluding carboxylic acids is 3. The third kappa shape index (κ3) is 4.88. The second kappa shape index (κ2) is 9.43. The molecule has 26 heavy (non-hydrogen) atoms. The Kier molecular flexibility index (Phi) is 7.26. The van der Waals surface area contributed by atoms with E-state index in [4.69, 9.17) is 4.74 Å².